The molecule has 0 amide bonds. The summed E-state index contributed by atoms with van der Waals surface area (Å²) >= 11 is 1.85. The summed E-state index contributed by atoms with van der Waals surface area (Å²) in [5, 5.41) is 14.0. The Labute approximate surface area is 344 Å². The zero-order chi connectivity index (χ0) is 39.4. The number of hydrogen-bond donors (Lipinski definition) is 1. The van der Waals surface area contributed by atoms with Crippen LogP contribution in [0.3, 0.4) is 0 Å². The summed E-state index contributed by atoms with van der Waals surface area (Å²) in [6.07, 6.45) is 4.52. The fraction of sp³-hybridized carbons (Fsp3) is 0.469. The molecule has 0 saturated carbocycles. The van der Waals surface area contributed by atoms with E-state index < -0.39 is 0 Å². The Morgan fingerprint density at radius 3 is 1.93 bits per heavy atom. The van der Waals surface area contributed by atoms with Gasteiger partial charge in [-0.3, -0.25) is 9.78 Å². The van der Waals surface area contributed by atoms with Gasteiger partial charge in [-0.25, -0.2) is 0 Å². The van der Waals surface area contributed by atoms with Crippen LogP contribution >= 0.6 is 11.3 Å². The van der Waals surface area contributed by atoms with Gasteiger partial charge in [0.1, 0.15) is 0 Å². The third kappa shape index (κ3) is 11.0. The summed E-state index contributed by atoms with van der Waals surface area (Å²) in [7, 11) is 0. The first-order chi connectivity index (χ1) is 24.8. The first-order valence-corrected chi connectivity index (χ1v) is 20.5. The molecule has 0 aliphatic rings. The van der Waals surface area contributed by atoms with Crippen molar-refractivity contribution in [3.05, 3.63) is 101 Å². The Bertz CT molecular complexity index is 2010. The summed E-state index contributed by atoms with van der Waals surface area (Å²) in [5.74, 6) is 2.06. The second-order valence-corrected chi connectivity index (χ2v) is 18.9. The van der Waals surface area contributed by atoms with E-state index in [1.807, 2.05) is 17.5 Å². The number of carbonyl (C=O) groups excluding carboxylic acids is 1. The molecule has 0 saturated heterocycles. The molecular weight excluding hydrogens is 859 g/mol. The van der Waals surface area contributed by atoms with Gasteiger partial charge >= 0.3 is 0 Å². The molecule has 54 heavy (non-hydrogen) atoms. The van der Waals surface area contributed by atoms with Gasteiger partial charge < -0.3 is 5.11 Å². The van der Waals surface area contributed by atoms with Crippen molar-refractivity contribution in [1.82, 2.24) is 4.98 Å². The number of benzene rings is 3. The van der Waals surface area contributed by atoms with Crippen LogP contribution in [0.2, 0.25) is 0 Å². The van der Waals surface area contributed by atoms with E-state index in [0.717, 1.165) is 23.1 Å². The van der Waals surface area contributed by atoms with Crippen LogP contribution in [0.1, 0.15) is 113 Å². The van der Waals surface area contributed by atoms with Gasteiger partial charge in [0.15, 0.2) is 5.78 Å². The van der Waals surface area contributed by atoms with Crippen LogP contribution in [0.25, 0.3) is 42.6 Å². The van der Waals surface area contributed by atoms with Crippen molar-refractivity contribution in [2.24, 2.45) is 40.9 Å². The largest absolute Gasteiger partial charge is 0.512 e. The molecule has 5 rings (SSSR count). The van der Waals surface area contributed by atoms with Crippen molar-refractivity contribution >= 4 is 38.0 Å². The van der Waals surface area contributed by atoms with E-state index in [4.69, 9.17) is 4.98 Å². The first kappa shape index (κ1) is 45.3. The average molecular weight is 923 g/mol. The van der Waals surface area contributed by atoms with E-state index >= 15 is 0 Å². The second-order valence-electron chi connectivity index (χ2n) is 17.9. The van der Waals surface area contributed by atoms with Crippen LogP contribution in [0.4, 0.5) is 0 Å². The monoisotopic (exact) mass is 923 g/mol. The van der Waals surface area contributed by atoms with Gasteiger partial charge in [0.05, 0.1) is 5.76 Å². The maximum Gasteiger partial charge on any atom is 0.162 e. The third-order valence-corrected chi connectivity index (χ3v) is 11.7. The summed E-state index contributed by atoms with van der Waals surface area (Å²) in [4.78, 5) is 18.5. The molecule has 1 N–H and O–H groups in total. The fourth-order valence-electron chi connectivity index (χ4n) is 8.08. The summed E-state index contributed by atoms with van der Waals surface area (Å²) in [6.45, 7) is 30.2. The van der Waals surface area contributed by atoms with Crippen LogP contribution in [0, 0.1) is 53.9 Å². The minimum Gasteiger partial charge on any atom is -0.512 e. The fourth-order valence-corrected chi connectivity index (χ4v) is 9.39. The number of aliphatic hydroxyl groups excluding tert-OH is 1. The number of rotatable bonds is 11. The van der Waals surface area contributed by atoms with Gasteiger partial charge in [0.25, 0.3) is 0 Å². The molecule has 3 aromatic carbocycles. The predicted molar refractivity (Wildman–Crippen MR) is 231 cm³/mol. The minimum absolute atomic E-state index is 0. The molecule has 0 aliphatic heterocycles. The maximum absolute atomic E-state index is 12.3. The molecule has 5 heteroatoms. The molecule has 2 heterocycles. The Balaban J connectivity index is 0.000000338. The number of nitrogens with zero attached hydrogens (tertiary/aromatic N) is 1. The molecule has 0 unspecified atom stereocenters. The number of hydrogen-bond acceptors (Lipinski definition) is 4. The number of fused-ring (bicyclic) bond motifs is 2. The number of aliphatic hydroxyl groups is 1. The molecule has 0 aliphatic carbocycles. The van der Waals surface area contributed by atoms with Crippen LogP contribution < -0.4 is 0 Å². The third-order valence-electron chi connectivity index (χ3n) is 10.3. The Morgan fingerprint density at radius 2 is 1.39 bits per heavy atom. The molecule has 0 atom stereocenters. The van der Waals surface area contributed by atoms with Crippen molar-refractivity contribution in [3.63, 3.8) is 0 Å². The van der Waals surface area contributed by atoms with Gasteiger partial charge in [0.2, 0.25) is 0 Å². The molecule has 1 radical (unpaired) electrons. The molecule has 0 bridgehead atoms. The quantitative estimate of drug-likeness (QED) is 0.0816. The number of pyridine rings is 1. The van der Waals surface area contributed by atoms with Crippen molar-refractivity contribution in [2.75, 3.05) is 0 Å². The molecule has 0 spiro atoms. The molecule has 2 aromatic heterocycles. The van der Waals surface area contributed by atoms with Gasteiger partial charge in [-0.2, -0.15) is 0 Å². The van der Waals surface area contributed by atoms with E-state index in [1.165, 1.54) is 48.7 Å². The number of thiophene rings is 1. The zero-order valence-electron chi connectivity index (χ0n) is 35.2. The molecule has 0 fully saturated rings. The zero-order valence-corrected chi connectivity index (χ0v) is 38.4. The van der Waals surface area contributed by atoms with Crippen molar-refractivity contribution < 1.29 is 30.0 Å². The summed E-state index contributed by atoms with van der Waals surface area (Å²) in [6, 6.07) is 25.8. The van der Waals surface area contributed by atoms with Gasteiger partial charge in [-0.05, 0) is 76.5 Å². The predicted octanol–water partition coefficient (Wildman–Crippen LogP) is 14.5. The van der Waals surface area contributed by atoms with E-state index in [1.54, 1.807) is 0 Å². The standard InChI is InChI=1S/C32H32NS.C17H32O2.Ir/c1-20(2)28-18-25(17-24-9-7-8-10-27(24)28)29-31-26(15-16-33-29)21(3)30(34-31)23-13-11-22(12-14-23)19-32(4,5)6;1-10(2)16(11(3)4)14(18)9-15(19)17(12(5)6)13(7)8;/h7-16,18,20H,19H2,1-6H3;9-13,16-18H,1-8H3;/q-1;;/b;14-9-;. The number of aryl methyl sites for hydroxylation is 1. The molecule has 3 nitrogen and oxygen atoms in total. The van der Waals surface area contributed by atoms with E-state index in [-0.39, 0.29) is 43.5 Å². The van der Waals surface area contributed by atoms with Crippen LogP contribution in [0.15, 0.2) is 78.7 Å². The number of allylic oxidation sites excluding steroid dienone is 2. The Morgan fingerprint density at radius 1 is 0.815 bits per heavy atom. The topological polar surface area (TPSA) is 50.2 Å². The smallest absolute Gasteiger partial charge is 0.162 e. The molecule has 293 valence electrons. The maximum atomic E-state index is 12.3. The van der Waals surface area contributed by atoms with Crippen molar-refractivity contribution in [1.29, 1.82) is 0 Å². The number of carbonyl (C=O) groups is 1. The van der Waals surface area contributed by atoms with Crippen LogP contribution in [-0.4, -0.2) is 15.9 Å². The second kappa shape index (κ2) is 19.2. The molecule has 5 aromatic rings. The minimum atomic E-state index is -0.0119. The van der Waals surface area contributed by atoms with Crippen molar-refractivity contribution in [2.45, 2.75) is 109 Å². The first-order valence-electron chi connectivity index (χ1n) is 19.7. The SMILES string of the molecule is CC(C)C(C(=O)/C=C(\O)C(C(C)C)C(C)C)C(C)C.Cc1c(-c2ccc(CC(C)(C)C)cc2)sc2c(-c3[c-]c4ccccc4c(C(C)C)c3)nccc12.[Ir]. The summed E-state index contributed by atoms with van der Waals surface area (Å²) < 4.78 is 1.25. The number of aromatic nitrogens is 1. The normalized spacial score (nSPS) is 12.5. The van der Waals surface area contributed by atoms with Crippen LogP contribution in [0.5, 0.6) is 0 Å². The average Bonchev–Trinajstić information content (AvgIpc) is 3.39. The van der Waals surface area contributed by atoms with E-state index in [0.29, 0.717) is 35.0 Å². The van der Waals surface area contributed by atoms with Gasteiger partial charge in [-0.1, -0.05) is 143 Å². The molecular formula is C49H64IrNO2S-. The van der Waals surface area contributed by atoms with Gasteiger partial charge in [-0.15, -0.1) is 40.5 Å². The van der Waals surface area contributed by atoms with Crippen LogP contribution in [-0.2, 0) is 31.3 Å². The summed E-state index contributed by atoms with van der Waals surface area (Å²) in [5.41, 5.74) is 7.77. The Hall–Kier alpha value is -3.11. The Kier molecular flexibility index (Phi) is 16.1. The number of ketones is 1. The van der Waals surface area contributed by atoms with Crippen molar-refractivity contribution in [3.8, 4) is 21.7 Å². The van der Waals surface area contributed by atoms with E-state index in [2.05, 4.69) is 164 Å². The van der Waals surface area contributed by atoms with Gasteiger partial charge in [0, 0.05) is 59.5 Å². The van der Waals surface area contributed by atoms with E-state index in [9.17, 15) is 9.90 Å².